The monoisotopic (exact) mass is 440 g/mol. The third kappa shape index (κ3) is 2.68. The largest absolute Gasteiger partial charge is 0.504 e. The van der Waals surface area contributed by atoms with Gasteiger partial charge in [0.15, 0.2) is 23.0 Å². The highest BCUT2D eigenvalue weighted by molar-refractivity contribution is 7.19. The molecule has 0 bridgehead atoms. The molecule has 3 aromatic heterocycles. The summed E-state index contributed by atoms with van der Waals surface area (Å²) in [4.78, 5) is 3.26. The molecule has 2 aliphatic rings. The van der Waals surface area contributed by atoms with E-state index >= 15 is 0 Å². The number of fused-ring (bicyclic) bond motifs is 4. The average Bonchev–Trinajstić information content (AvgIpc) is 3.43. The second-order valence-electron chi connectivity index (χ2n) is 7.07. The Balaban J connectivity index is 1.48. The van der Waals surface area contributed by atoms with Crippen LogP contribution in [0.5, 0.6) is 23.0 Å². The molecule has 0 saturated heterocycles. The van der Waals surface area contributed by atoms with E-state index in [-0.39, 0.29) is 11.5 Å². The van der Waals surface area contributed by atoms with Crippen LogP contribution in [-0.2, 0) is 6.42 Å². The van der Waals surface area contributed by atoms with Gasteiger partial charge in [-0.1, -0.05) is 6.07 Å². The van der Waals surface area contributed by atoms with Gasteiger partial charge in [-0.05, 0) is 47.8 Å². The van der Waals surface area contributed by atoms with Crippen molar-refractivity contribution < 1.29 is 19.7 Å². The lowest BCUT2D eigenvalue weighted by molar-refractivity contribution is 0.173. The molecule has 0 saturated carbocycles. The zero-order chi connectivity index (χ0) is 19.5. The number of rotatable bonds is 2. The van der Waals surface area contributed by atoms with E-state index in [2.05, 4.69) is 18.2 Å². The number of thiophene rings is 3. The molecule has 0 spiro atoms. The Labute approximate surface area is 178 Å². The summed E-state index contributed by atoms with van der Waals surface area (Å²) in [7, 11) is 0. The highest BCUT2D eigenvalue weighted by Gasteiger charge is 2.25. The van der Waals surface area contributed by atoms with Crippen molar-refractivity contribution in [3.8, 4) is 33.4 Å². The Morgan fingerprint density at radius 1 is 0.931 bits per heavy atom. The van der Waals surface area contributed by atoms with Crippen molar-refractivity contribution in [3.05, 3.63) is 44.3 Å². The predicted molar refractivity (Wildman–Crippen MR) is 120 cm³/mol. The van der Waals surface area contributed by atoms with Gasteiger partial charge in [0.2, 0.25) is 0 Å². The van der Waals surface area contributed by atoms with Crippen LogP contribution in [0.2, 0.25) is 0 Å². The predicted octanol–water partition coefficient (Wildman–Crippen LogP) is 6.36. The highest BCUT2D eigenvalue weighted by atomic mass is 32.1. The van der Waals surface area contributed by atoms with Crippen LogP contribution in [0.15, 0.2) is 29.0 Å². The van der Waals surface area contributed by atoms with Crippen LogP contribution in [-0.4, -0.2) is 23.4 Å². The van der Waals surface area contributed by atoms with Crippen molar-refractivity contribution in [2.75, 3.05) is 13.2 Å². The van der Waals surface area contributed by atoms with E-state index in [9.17, 15) is 10.2 Å². The van der Waals surface area contributed by atoms with Crippen LogP contribution in [0, 0.1) is 0 Å². The Kier molecular flexibility index (Phi) is 3.91. The van der Waals surface area contributed by atoms with Gasteiger partial charge in [0, 0.05) is 25.7 Å². The van der Waals surface area contributed by atoms with E-state index in [0.29, 0.717) is 18.1 Å². The first kappa shape index (κ1) is 17.4. The summed E-state index contributed by atoms with van der Waals surface area (Å²) in [6, 6.07) is 6.25. The smallest absolute Gasteiger partial charge is 0.179 e. The second kappa shape index (κ2) is 6.52. The van der Waals surface area contributed by atoms with Gasteiger partial charge in [-0.2, -0.15) is 0 Å². The fourth-order valence-electron chi connectivity index (χ4n) is 3.96. The summed E-state index contributed by atoms with van der Waals surface area (Å²) >= 11 is 4.87. The van der Waals surface area contributed by atoms with Crippen LogP contribution < -0.4 is 9.47 Å². The maximum absolute atomic E-state index is 10.2. The zero-order valence-electron chi connectivity index (χ0n) is 15.2. The van der Waals surface area contributed by atoms with Crippen molar-refractivity contribution in [2.45, 2.75) is 12.8 Å². The molecule has 0 fully saturated rings. The van der Waals surface area contributed by atoms with Crippen LogP contribution in [0.4, 0.5) is 0 Å². The highest BCUT2D eigenvalue weighted by Crippen LogP contribution is 2.49. The standard InChI is InChI=1S/C22H16O4S3/c23-15-9-27-21(19(15)24)11-1-3-17-13(7-11)14-8-12(2-4-18(14)29-17)22-20-16(10-28-22)25-5-6-26-20/h1,3,7-10,23-24H,2,4-6H2. The fraction of sp³-hybridized carbons (Fsp3) is 0.182. The minimum atomic E-state index is -0.0654. The molecule has 2 N–H and O–H groups in total. The molecule has 4 heterocycles. The average molecular weight is 441 g/mol. The topological polar surface area (TPSA) is 58.9 Å². The van der Waals surface area contributed by atoms with Crippen molar-refractivity contribution in [1.29, 1.82) is 0 Å². The van der Waals surface area contributed by atoms with Crippen LogP contribution in [0.3, 0.4) is 0 Å². The minimum absolute atomic E-state index is 0.0444. The first-order chi connectivity index (χ1) is 14.2. The first-order valence-electron chi connectivity index (χ1n) is 9.32. The Hall–Kier alpha value is -2.48. The van der Waals surface area contributed by atoms with Gasteiger partial charge in [0.05, 0.1) is 9.75 Å². The van der Waals surface area contributed by atoms with Crippen LogP contribution in [0.1, 0.15) is 21.7 Å². The Morgan fingerprint density at radius 3 is 2.66 bits per heavy atom. The van der Waals surface area contributed by atoms with Gasteiger partial charge in [-0.25, -0.2) is 0 Å². The summed E-state index contributed by atoms with van der Waals surface area (Å²) < 4.78 is 12.8. The van der Waals surface area contributed by atoms with Crippen LogP contribution >= 0.6 is 34.0 Å². The van der Waals surface area contributed by atoms with Gasteiger partial charge in [0.1, 0.15) is 13.2 Å². The number of aromatic hydroxyl groups is 2. The molecular weight excluding hydrogens is 424 g/mol. The van der Waals surface area contributed by atoms with E-state index in [1.807, 2.05) is 22.8 Å². The lowest BCUT2D eigenvalue weighted by Gasteiger charge is -2.18. The third-order valence-corrected chi connectivity index (χ3v) is 8.61. The van der Waals surface area contributed by atoms with Crippen molar-refractivity contribution in [2.24, 2.45) is 0 Å². The number of allylic oxidation sites excluding steroid dienone is 1. The van der Waals surface area contributed by atoms with E-state index in [1.165, 1.54) is 42.3 Å². The molecule has 0 amide bonds. The molecule has 4 nitrogen and oxygen atoms in total. The number of ether oxygens (including phenoxy) is 2. The summed E-state index contributed by atoms with van der Waals surface area (Å²) in [6.45, 7) is 1.20. The fourth-order valence-corrected chi connectivity index (χ4v) is 6.92. The molecule has 146 valence electrons. The molecule has 29 heavy (non-hydrogen) atoms. The molecule has 0 radical (unpaired) electrons. The molecule has 6 rings (SSSR count). The SMILES string of the molecule is Oc1csc(-c2ccc3sc4c(c3c2)C=C(c2scc3c2OCCO3)CC4)c1O. The lowest BCUT2D eigenvalue weighted by Crippen LogP contribution is -2.14. The first-order valence-corrected chi connectivity index (χ1v) is 11.9. The van der Waals surface area contributed by atoms with Crippen molar-refractivity contribution in [3.63, 3.8) is 0 Å². The minimum Gasteiger partial charge on any atom is -0.504 e. The van der Waals surface area contributed by atoms with Crippen molar-refractivity contribution in [1.82, 2.24) is 0 Å². The maximum atomic E-state index is 10.2. The second-order valence-corrected chi connectivity index (χ2v) is 9.97. The molecular formula is C22H16O4S3. The molecule has 7 heteroatoms. The number of benzene rings is 1. The Bertz CT molecular complexity index is 1290. The van der Waals surface area contributed by atoms with Crippen LogP contribution in [0.25, 0.3) is 32.2 Å². The molecule has 1 aromatic carbocycles. The van der Waals surface area contributed by atoms with E-state index in [4.69, 9.17) is 9.47 Å². The quantitative estimate of drug-likeness (QED) is 0.381. The molecule has 4 aromatic rings. The lowest BCUT2D eigenvalue weighted by atomic mass is 9.94. The van der Waals surface area contributed by atoms with Gasteiger partial charge < -0.3 is 19.7 Å². The number of hydrogen-bond donors (Lipinski definition) is 2. The van der Waals surface area contributed by atoms with Gasteiger partial charge in [0.25, 0.3) is 0 Å². The van der Waals surface area contributed by atoms with E-state index in [1.54, 1.807) is 16.7 Å². The van der Waals surface area contributed by atoms with E-state index in [0.717, 1.165) is 29.9 Å². The number of hydrogen-bond acceptors (Lipinski definition) is 7. The van der Waals surface area contributed by atoms with Gasteiger partial charge in [-0.15, -0.1) is 34.0 Å². The molecule has 1 aliphatic carbocycles. The summed E-state index contributed by atoms with van der Waals surface area (Å²) in [5.41, 5.74) is 3.47. The normalized spacial score (nSPS) is 15.4. The zero-order valence-corrected chi connectivity index (χ0v) is 17.7. The molecule has 0 unspecified atom stereocenters. The molecule has 1 aliphatic heterocycles. The Morgan fingerprint density at radius 2 is 1.79 bits per heavy atom. The number of aryl methyl sites for hydroxylation is 1. The molecule has 0 atom stereocenters. The van der Waals surface area contributed by atoms with Gasteiger partial charge in [-0.3, -0.25) is 0 Å². The maximum Gasteiger partial charge on any atom is 0.179 e. The van der Waals surface area contributed by atoms with Gasteiger partial charge >= 0.3 is 0 Å². The summed E-state index contributed by atoms with van der Waals surface area (Å²) in [5.74, 6) is 1.63. The van der Waals surface area contributed by atoms with Crippen molar-refractivity contribution >= 4 is 55.7 Å². The third-order valence-electron chi connectivity index (χ3n) is 5.34. The summed E-state index contributed by atoms with van der Waals surface area (Å²) in [5, 5.41) is 24.7. The van der Waals surface area contributed by atoms with E-state index < -0.39 is 0 Å². The summed E-state index contributed by atoms with van der Waals surface area (Å²) in [6.07, 6.45) is 4.29.